The molecule has 1 N–H and O–H groups in total. The van der Waals surface area contributed by atoms with Crippen LogP contribution in [0.1, 0.15) is 57.4 Å². The van der Waals surface area contributed by atoms with E-state index in [2.05, 4.69) is 31.2 Å². The quantitative estimate of drug-likeness (QED) is 0.384. The molecule has 0 radical (unpaired) electrons. The molecule has 1 aromatic carbocycles. The van der Waals surface area contributed by atoms with Gasteiger partial charge in [-0.1, -0.05) is 88.0 Å². The number of thioether (sulfide) groups is 2. The van der Waals surface area contributed by atoms with Gasteiger partial charge in [-0.25, -0.2) is 0 Å². The molecule has 0 amide bonds. The average molecular weight is 357 g/mol. The fourth-order valence-corrected chi connectivity index (χ4v) is 4.23. The van der Waals surface area contributed by atoms with Gasteiger partial charge in [0.15, 0.2) is 0 Å². The second-order valence-corrected chi connectivity index (χ2v) is 8.74. The molecular weight excluding hydrogens is 328 g/mol. The van der Waals surface area contributed by atoms with E-state index in [1.54, 1.807) is 23.5 Å². The van der Waals surface area contributed by atoms with Crippen LogP contribution in [-0.4, -0.2) is 20.5 Å². The Bertz CT molecular complexity index is 395. The largest absolute Gasteiger partial charge is 0.392 e. The third-order valence-corrected chi connectivity index (χ3v) is 6.40. The number of rotatable bonds is 11. The lowest BCUT2D eigenvalue weighted by molar-refractivity contribution is 0.185. The lowest BCUT2D eigenvalue weighted by Crippen LogP contribution is -2.10. The van der Waals surface area contributed by atoms with Crippen LogP contribution in [0, 0.1) is 0 Å². The van der Waals surface area contributed by atoms with Crippen LogP contribution in [0.5, 0.6) is 0 Å². The summed E-state index contributed by atoms with van der Waals surface area (Å²) in [5.41, 5.74) is 1.29. The van der Waals surface area contributed by atoms with Gasteiger partial charge >= 0.3 is 0 Å². The number of hydrogen-bond acceptors (Lipinski definition) is 4. The zero-order chi connectivity index (χ0) is 16.0. The zero-order valence-electron chi connectivity index (χ0n) is 13.5. The van der Waals surface area contributed by atoms with Gasteiger partial charge in [0.05, 0.1) is 6.10 Å². The molecule has 0 fully saturated rings. The molecule has 124 valence electrons. The Kier molecular flexibility index (Phi) is 12.2. The molecule has 0 aromatic heterocycles. The molecule has 4 heteroatoms. The monoisotopic (exact) mass is 356 g/mol. The average Bonchev–Trinajstić information content (AvgIpc) is 2.55. The number of aliphatic hydroxyl groups is 1. The Balaban J connectivity index is 2.01. The van der Waals surface area contributed by atoms with Gasteiger partial charge in [-0.15, -0.1) is 23.5 Å². The van der Waals surface area contributed by atoms with Gasteiger partial charge in [0, 0.05) is 11.5 Å². The van der Waals surface area contributed by atoms with Crippen molar-refractivity contribution >= 4 is 39.3 Å². The maximum absolute atomic E-state index is 10.00. The standard InChI is InChI=1S/C18H28OS3/c1-2-3-4-5-6-10-13-17(19)15-22-18(20)21-14-16-11-8-7-9-12-16/h7-9,11-12,17,19H,2-6,10,13-15H2,1H3. The Labute approximate surface area is 149 Å². The van der Waals surface area contributed by atoms with Crippen molar-refractivity contribution in [1.82, 2.24) is 0 Å². The van der Waals surface area contributed by atoms with E-state index in [1.807, 2.05) is 6.07 Å². The fourth-order valence-electron chi connectivity index (χ4n) is 2.17. The molecule has 1 rings (SSSR count). The molecule has 0 spiro atoms. The number of hydrogen-bond donors (Lipinski definition) is 1. The summed E-state index contributed by atoms with van der Waals surface area (Å²) in [7, 11) is 0. The summed E-state index contributed by atoms with van der Waals surface area (Å²) in [6.07, 6.45) is 8.34. The number of unbranched alkanes of at least 4 members (excludes halogenated alkanes) is 5. The smallest absolute Gasteiger partial charge is 0.104 e. The van der Waals surface area contributed by atoms with Gasteiger partial charge in [0.2, 0.25) is 0 Å². The third-order valence-electron chi connectivity index (χ3n) is 3.48. The molecule has 1 aromatic rings. The van der Waals surface area contributed by atoms with E-state index in [0.717, 1.165) is 27.9 Å². The Morgan fingerprint density at radius 3 is 2.45 bits per heavy atom. The minimum Gasteiger partial charge on any atom is -0.392 e. The summed E-state index contributed by atoms with van der Waals surface area (Å²) in [5.74, 6) is 1.65. The van der Waals surface area contributed by atoms with Crippen LogP contribution in [-0.2, 0) is 5.75 Å². The second kappa shape index (κ2) is 13.4. The van der Waals surface area contributed by atoms with Crippen LogP contribution in [0.3, 0.4) is 0 Å². The van der Waals surface area contributed by atoms with Crippen molar-refractivity contribution in [3.8, 4) is 0 Å². The van der Waals surface area contributed by atoms with Gasteiger partial charge in [-0.3, -0.25) is 0 Å². The van der Waals surface area contributed by atoms with Gasteiger partial charge in [-0.05, 0) is 12.0 Å². The summed E-state index contributed by atoms with van der Waals surface area (Å²) in [6.45, 7) is 2.24. The molecule has 0 aliphatic heterocycles. The minimum absolute atomic E-state index is 0.216. The summed E-state index contributed by atoms with van der Waals surface area (Å²) < 4.78 is 0.936. The molecule has 0 saturated carbocycles. The minimum atomic E-state index is -0.216. The summed E-state index contributed by atoms with van der Waals surface area (Å²) in [6, 6.07) is 10.4. The fraction of sp³-hybridized carbons (Fsp3) is 0.611. The van der Waals surface area contributed by atoms with Crippen molar-refractivity contribution in [2.75, 3.05) is 5.75 Å². The lowest BCUT2D eigenvalue weighted by Gasteiger charge is -2.10. The maximum Gasteiger partial charge on any atom is 0.104 e. The van der Waals surface area contributed by atoms with Crippen molar-refractivity contribution in [2.24, 2.45) is 0 Å². The van der Waals surface area contributed by atoms with Crippen LogP contribution in [0.4, 0.5) is 0 Å². The van der Waals surface area contributed by atoms with E-state index < -0.39 is 0 Å². The van der Waals surface area contributed by atoms with E-state index in [1.165, 1.54) is 37.7 Å². The van der Waals surface area contributed by atoms with Gasteiger partial charge < -0.3 is 5.11 Å². The molecule has 0 saturated heterocycles. The topological polar surface area (TPSA) is 20.2 Å². The van der Waals surface area contributed by atoms with Gasteiger partial charge in [0.1, 0.15) is 3.53 Å². The van der Waals surface area contributed by atoms with Crippen LogP contribution in [0.2, 0.25) is 0 Å². The van der Waals surface area contributed by atoms with Crippen molar-refractivity contribution < 1.29 is 5.11 Å². The highest BCUT2D eigenvalue weighted by Crippen LogP contribution is 2.23. The molecule has 1 nitrogen and oxygen atoms in total. The Hall–Kier alpha value is -0.0300. The molecule has 0 aliphatic carbocycles. The van der Waals surface area contributed by atoms with Gasteiger partial charge in [-0.2, -0.15) is 0 Å². The first-order valence-corrected chi connectivity index (χ1v) is 10.6. The van der Waals surface area contributed by atoms with Crippen molar-refractivity contribution in [2.45, 2.75) is 63.7 Å². The molecule has 1 unspecified atom stereocenters. The molecule has 0 bridgehead atoms. The third kappa shape index (κ3) is 10.7. The second-order valence-electron chi connectivity index (χ2n) is 5.55. The first-order chi connectivity index (χ1) is 10.7. The highest BCUT2D eigenvalue weighted by Gasteiger charge is 2.07. The number of aliphatic hydroxyl groups excluding tert-OH is 1. The number of thiocarbonyl (C=S) groups is 1. The summed E-state index contributed by atoms with van der Waals surface area (Å²) in [4.78, 5) is 0. The van der Waals surface area contributed by atoms with Crippen LogP contribution in [0.15, 0.2) is 30.3 Å². The molecule has 1 atom stereocenters. The van der Waals surface area contributed by atoms with Crippen molar-refractivity contribution in [3.05, 3.63) is 35.9 Å². The van der Waals surface area contributed by atoms with Crippen molar-refractivity contribution in [1.29, 1.82) is 0 Å². The van der Waals surface area contributed by atoms with Gasteiger partial charge in [0.25, 0.3) is 0 Å². The van der Waals surface area contributed by atoms with E-state index in [-0.39, 0.29) is 6.10 Å². The highest BCUT2D eigenvalue weighted by atomic mass is 32.2. The zero-order valence-corrected chi connectivity index (χ0v) is 15.9. The van der Waals surface area contributed by atoms with Crippen LogP contribution < -0.4 is 0 Å². The predicted octanol–water partition coefficient (Wildman–Crippen LogP) is 6.05. The summed E-state index contributed by atoms with van der Waals surface area (Å²) in [5, 5.41) is 10.00. The Morgan fingerprint density at radius 2 is 1.73 bits per heavy atom. The normalized spacial score (nSPS) is 12.3. The van der Waals surface area contributed by atoms with Crippen molar-refractivity contribution in [3.63, 3.8) is 0 Å². The highest BCUT2D eigenvalue weighted by molar-refractivity contribution is 8.46. The Morgan fingerprint density at radius 1 is 1.05 bits per heavy atom. The van der Waals surface area contributed by atoms with Crippen LogP contribution in [0.25, 0.3) is 0 Å². The maximum atomic E-state index is 10.00. The lowest BCUT2D eigenvalue weighted by atomic mass is 10.1. The first kappa shape index (κ1) is 20.0. The molecule has 0 aliphatic rings. The SMILES string of the molecule is CCCCCCCCC(O)CSC(=S)SCc1ccccc1. The predicted molar refractivity (Wildman–Crippen MR) is 107 cm³/mol. The van der Waals surface area contributed by atoms with E-state index >= 15 is 0 Å². The summed E-state index contributed by atoms with van der Waals surface area (Å²) >= 11 is 8.68. The van der Waals surface area contributed by atoms with E-state index in [4.69, 9.17) is 12.2 Å². The van der Waals surface area contributed by atoms with E-state index in [9.17, 15) is 5.11 Å². The number of benzene rings is 1. The molecular formula is C18H28OS3. The first-order valence-electron chi connectivity index (χ1n) is 8.24. The van der Waals surface area contributed by atoms with E-state index in [0.29, 0.717) is 0 Å². The molecule has 22 heavy (non-hydrogen) atoms. The molecule has 0 heterocycles. The van der Waals surface area contributed by atoms with Crippen LogP contribution >= 0.6 is 35.7 Å².